The molecule has 1 amide bonds. The normalized spacial score (nSPS) is 13.2. The van der Waals surface area contributed by atoms with E-state index in [4.69, 9.17) is 4.74 Å². The number of aliphatic hydroxyl groups excluding tert-OH is 2. The first-order valence-corrected chi connectivity index (χ1v) is 27.9. The number of carbonyl (C=O) groups excluding carboxylic acids is 2. The zero-order valence-electron chi connectivity index (χ0n) is 42.0. The van der Waals surface area contributed by atoms with Gasteiger partial charge in [0, 0.05) is 6.42 Å². The Morgan fingerprint density at radius 1 is 0.452 bits per heavy atom. The summed E-state index contributed by atoms with van der Waals surface area (Å²) in [5.74, 6) is -0.462. The van der Waals surface area contributed by atoms with Gasteiger partial charge in [0.15, 0.2) is 0 Å². The van der Waals surface area contributed by atoms with Crippen LogP contribution in [0.15, 0.2) is 12.2 Å². The largest absolute Gasteiger partial charge is 0.462 e. The Balaban J connectivity index is 4.50. The fraction of sp³-hybridized carbons (Fsp3) is 0.929. The Bertz CT molecular complexity index is 939. The smallest absolute Gasteiger partial charge is 0.306 e. The van der Waals surface area contributed by atoms with Gasteiger partial charge in [-0.3, -0.25) is 9.59 Å². The van der Waals surface area contributed by atoms with Crippen LogP contribution < -0.4 is 5.32 Å². The average Bonchev–Trinajstić information content (AvgIpc) is 3.26. The summed E-state index contributed by atoms with van der Waals surface area (Å²) in [6, 6.07) is -0.698. The van der Waals surface area contributed by atoms with Crippen LogP contribution in [-0.4, -0.2) is 46.9 Å². The van der Waals surface area contributed by atoms with Crippen LogP contribution in [0.1, 0.15) is 310 Å². The van der Waals surface area contributed by atoms with E-state index in [9.17, 15) is 19.8 Å². The number of carbonyl (C=O) groups is 2. The molecule has 3 unspecified atom stereocenters. The zero-order chi connectivity index (χ0) is 45.2. The Morgan fingerprint density at radius 3 is 1.15 bits per heavy atom. The summed E-state index contributed by atoms with van der Waals surface area (Å²) in [6.07, 6.45) is 57.0. The first-order valence-electron chi connectivity index (χ1n) is 27.9. The van der Waals surface area contributed by atoms with E-state index < -0.39 is 18.2 Å². The molecular formula is C56H109NO5. The summed E-state index contributed by atoms with van der Waals surface area (Å²) < 4.78 is 5.95. The number of amides is 1. The van der Waals surface area contributed by atoms with Crippen LogP contribution in [0.5, 0.6) is 0 Å². The SMILES string of the molecule is CCCCCCCC/C=C/CCCCCCCC(CC(=O)NC(CO)C(O)CCCCCCCCCCCCCCCCCC)OC(=O)CCCCCCCCCCCCCC. The van der Waals surface area contributed by atoms with E-state index in [1.807, 2.05) is 0 Å². The van der Waals surface area contributed by atoms with E-state index in [1.165, 1.54) is 205 Å². The molecule has 0 spiro atoms. The molecule has 0 fully saturated rings. The second kappa shape index (κ2) is 50.6. The van der Waals surface area contributed by atoms with Gasteiger partial charge in [-0.05, 0) is 51.4 Å². The van der Waals surface area contributed by atoms with Crippen LogP contribution in [0, 0.1) is 0 Å². The number of esters is 1. The highest BCUT2D eigenvalue weighted by Crippen LogP contribution is 2.19. The molecule has 0 aromatic rings. The minimum atomic E-state index is -0.784. The van der Waals surface area contributed by atoms with Gasteiger partial charge in [-0.2, -0.15) is 0 Å². The molecule has 62 heavy (non-hydrogen) atoms. The quantitative estimate of drug-likeness (QED) is 0.0321. The molecule has 0 aliphatic rings. The summed E-state index contributed by atoms with van der Waals surface area (Å²) >= 11 is 0. The fourth-order valence-corrected chi connectivity index (χ4v) is 8.84. The molecule has 368 valence electrons. The molecule has 0 aromatic heterocycles. The average molecular weight is 876 g/mol. The van der Waals surface area contributed by atoms with Crippen molar-refractivity contribution in [2.45, 2.75) is 328 Å². The zero-order valence-corrected chi connectivity index (χ0v) is 42.0. The number of ether oxygens (including phenoxy) is 1. The van der Waals surface area contributed by atoms with E-state index in [1.54, 1.807) is 0 Å². The Hall–Kier alpha value is -1.40. The number of aliphatic hydroxyl groups is 2. The van der Waals surface area contributed by atoms with Crippen molar-refractivity contribution in [2.75, 3.05) is 6.61 Å². The second-order valence-electron chi connectivity index (χ2n) is 19.3. The van der Waals surface area contributed by atoms with Crippen molar-refractivity contribution < 1.29 is 24.5 Å². The summed E-state index contributed by atoms with van der Waals surface area (Å²) in [5.41, 5.74) is 0. The maximum Gasteiger partial charge on any atom is 0.306 e. The standard InChI is InChI=1S/C56H109NO5/c1-4-7-10-13-16-19-22-25-27-29-31-33-36-39-42-45-48-54(59)53(51-58)57-55(60)50-52(47-44-41-38-35-32-30-28-26-23-20-17-14-11-8-5-2)62-56(61)49-46-43-40-37-34-24-21-18-15-12-9-6-3/h26,28,52-54,58-59H,4-25,27,29-51H2,1-3H3,(H,57,60)/b28-26+. The Labute approximate surface area is 387 Å². The van der Waals surface area contributed by atoms with Crippen LogP contribution in [0.25, 0.3) is 0 Å². The lowest BCUT2D eigenvalue weighted by atomic mass is 10.0. The molecular weight excluding hydrogens is 767 g/mol. The van der Waals surface area contributed by atoms with Crippen LogP contribution in [0.3, 0.4) is 0 Å². The number of unbranched alkanes of at least 4 members (excludes halogenated alkanes) is 37. The predicted molar refractivity (Wildman–Crippen MR) is 269 cm³/mol. The van der Waals surface area contributed by atoms with Crippen LogP contribution >= 0.6 is 0 Å². The molecule has 0 aliphatic carbocycles. The summed E-state index contributed by atoms with van der Waals surface area (Å²) in [4.78, 5) is 26.2. The molecule has 0 aliphatic heterocycles. The maximum absolute atomic E-state index is 13.2. The van der Waals surface area contributed by atoms with Gasteiger partial charge in [-0.1, -0.05) is 258 Å². The van der Waals surface area contributed by atoms with Gasteiger partial charge in [0.1, 0.15) is 6.10 Å². The number of hydrogen-bond acceptors (Lipinski definition) is 5. The molecule has 3 atom stereocenters. The van der Waals surface area contributed by atoms with Crippen LogP contribution in [0.4, 0.5) is 0 Å². The third kappa shape index (κ3) is 45.2. The minimum Gasteiger partial charge on any atom is -0.462 e. The van der Waals surface area contributed by atoms with Gasteiger partial charge in [-0.15, -0.1) is 0 Å². The minimum absolute atomic E-state index is 0.0792. The van der Waals surface area contributed by atoms with Crippen molar-refractivity contribution in [1.29, 1.82) is 0 Å². The molecule has 0 aromatic carbocycles. The molecule has 0 heterocycles. The number of allylic oxidation sites excluding steroid dienone is 2. The Kier molecular flexibility index (Phi) is 49.5. The van der Waals surface area contributed by atoms with Crippen molar-refractivity contribution in [3.63, 3.8) is 0 Å². The topological polar surface area (TPSA) is 95.9 Å². The van der Waals surface area contributed by atoms with E-state index >= 15 is 0 Å². The lowest BCUT2D eigenvalue weighted by Crippen LogP contribution is -2.46. The highest BCUT2D eigenvalue weighted by molar-refractivity contribution is 5.77. The molecule has 3 N–H and O–H groups in total. The highest BCUT2D eigenvalue weighted by atomic mass is 16.5. The van der Waals surface area contributed by atoms with Crippen molar-refractivity contribution in [3.05, 3.63) is 12.2 Å². The summed E-state index contributed by atoms with van der Waals surface area (Å²) in [5, 5.41) is 23.9. The molecule has 0 bridgehead atoms. The molecule has 0 saturated heterocycles. The highest BCUT2D eigenvalue weighted by Gasteiger charge is 2.24. The Morgan fingerprint density at radius 2 is 0.774 bits per heavy atom. The third-order valence-electron chi connectivity index (χ3n) is 13.1. The van der Waals surface area contributed by atoms with Gasteiger partial charge in [0.05, 0.1) is 25.2 Å². The lowest BCUT2D eigenvalue weighted by Gasteiger charge is -2.24. The second-order valence-corrected chi connectivity index (χ2v) is 19.3. The van der Waals surface area contributed by atoms with Crippen molar-refractivity contribution in [1.82, 2.24) is 5.32 Å². The number of hydrogen-bond donors (Lipinski definition) is 3. The number of rotatable bonds is 51. The van der Waals surface area contributed by atoms with E-state index in [0.29, 0.717) is 19.3 Å². The first kappa shape index (κ1) is 60.6. The van der Waals surface area contributed by atoms with E-state index in [0.717, 1.165) is 57.8 Å². The van der Waals surface area contributed by atoms with E-state index in [-0.39, 0.29) is 24.9 Å². The van der Waals surface area contributed by atoms with Crippen molar-refractivity contribution in [3.8, 4) is 0 Å². The third-order valence-corrected chi connectivity index (χ3v) is 13.1. The first-order chi connectivity index (χ1) is 30.5. The monoisotopic (exact) mass is 876 g/mol. The van der Waals surface area contributed by atoms with Gasteiger partial charge in [-0.25, -0.2) is 0 Å². The van der Waals surface area contributed by atoms with E-state index in [2.05, 4.69) is 38.2 Å². The lowest BCUT2D eigenvalue weighted by molar-refractivity contribution is -0.151. The van der Waals surface area contributed by atoms with Crippen molar-refractivity contribution >= 4 is 11.9 Å². The molecule has 0 saturated carbocycles. The van der Waals surface area contributed by atoms with Crippen LogP contribution in [0.2, 0.25) is 0 Å². The number of nitrogens with one attached hydrogen (secondary N) is 1. The molecule has 6 heteroatoms. The van der Waals surface area contributed by atoms with Gasteiger partial charge >= 0.3 is 5.97 Å². The molecule has 0 rings (SSSR count). The van der Waals surface area contributed by atoms with Crippen molar-refractivity contribution in [2.24, 2.45) is 0 Å². The molecule has 0 radical (unpaired) electrons. The van der Waals surface area contributed by atoms with Gasteiger partial charge in [0.2, 0.25) is 5.91 Å². The van der Waals surface area contributed by atoms with Crippen LogP contribution in [-0.2, 0) is 14.3 Å². The van der Waals surface area contributed by atoms with Gasteiger partial charge in [0.25, 0.3) is 0 Å². The molecule has 6 nitrogen and oxygen atoms in total. The fourth-order valence-electron chi connectivity index (χ4n) is 8.84. The predicted octanol–water partition coefficient (Wildman–Crippen LogP) is 16.9. The summed E-state index contributed by atoms with van der Waals surface area (Å²) in [6.45, 7) is 6.51. The van der Waals surface area contributed by atoms with Gasteiger partial charge < -0.3 is 20.3 Å². The summed E-state index contributed by atoms with van der Waals surface area (Å²) in [7, 11) is 0. The maximum atomic E-state index is 13.2.